The molecular weight excluding hydrogens is 244 g/mol. The smallest absolute Gasteiger partial charge is 0.292 e. The number of piperidine rings is 1. The summed E-state index contributed by atoms with van der Waals surface area (Å²) in [5.41, 5.74) is 0. The summed E-state index contributed by atoms with van der Waals surface area (Å²) in [7, 11) is 0. The number of rotatable bonds is 4. The molecule has 1 saturated heterocycles. The lowest BCUT2D eigenvalue weighted by atomic mass is 9.98. The Morgan fingerprint density at radius 2 is 2.37 bits per heavy atom. The zero-order valence-electron chi connectivity index (χ0n) is 11.9. The molecule has 1 unspecified atom stereocenters. The molecule has 5 heteroatoms. The van der Waals surface area contributed by atoms with E-state index in [2.05, 4.69) is 5.32 Å². The van der Waals surface area contributed by atoms with E-state index in [9.17, 15) is 4.79 Å². The fraction of sp³-hybridized carbons (Fsp3) is 0.786. The molecule has 0 spiro atoms. The lowest BCUT2D eigenvalue weighted by molar-refractivity contribution is -0.134. The second kappa shape index (κ2) is 6.80. The van der Waals surface area contributed by atoms with Crippen molar-refractivity contribution >= 4 is 5.91 Å². The first-order chi connectivity index (χ1) is 9.18. The molecular formula is C14H24N2O3. The Kier molecular flexibility index (Phi) is 5.07. The van der Waals surface area contributed by atoms with E-state index in [1.807, 2.05) is 18.7 Å². The van der Waals surface area contributed by atoms with Crippen LogP contribution in [0.4, 0.5) is 0 Å². The summed E-state index contributed by atoms with van der Waals surface area (Å²) in [4.78, 5) is 14.3. The van der Waals surface area contributed by atoms with Crippen molar-refractivity contribution in [2.45, 2.75) is 32.7 Å². The molecule has 1 fully saturated rings. The van der Waals surface area contributed by atoms with Gasteiger partial charge in [-0.1, -0.05) is 0 Å². The van der Waals surface area contributed by atoms with Crippen LogP contribution in [0.15, 0.2) is 12.0 Å². The zero-order chi connectivity index (χ0) is 13.7. The van der Waals surface area contributed by atoms with E-state index in [0.29, 0.717) is 24.9 Å². The van der Waals surface area contributed by atoms with E-state index in [1.165, 1.54) is 19.1 Å². The van der Waals surface area contributed by atoms with Crippen LogP contribution < -0.4 is 5.32 Å². The summed E-state index contributed by atoms with van der Waals surface area (Å²) < 4.78 is 10.6. The van der Waals surface area contributed by atoms with Gasteiger partial charge >= 0.3 is 0 Å². The molecule has 5 nitrogen and oxygen atoms in total. The van der Waals surface area contributed by atoms with Gasteiger partial charge in [0.25, 0.3) is 5.91 Å². The topological polar surface area (TPSA) is 50.8 Å². The lowest BCUT2D eigenvalue weighted by Gasteiger charge is -2.33. The summed E-state index contributed by atoms with van der Waals surface area (Å²) in [6, 6.07) is 0.167. The Balaban J connectivity index is 1.98. The highest BCUT2D eigenvalue weighted by atomic mass is 16.6. The van der Waals surface area contributed by atoms with Gasteiger partial charge in [0.1, 0.15) is 19.5 Å². The van der Waals surface area contributed by atoms with Gasteiger partial charge in [-0.2, -0.15) is 0 Å². The molecule has 0 aromatic carbocycles. The Bertz CT molecular complexity index is 336. The van der Waals surface area contributed by atoms with Crippen molar-refractivity contribution < 1.29 is 14.3 Å². The van der Waals surface area contributed by atoms with Crippen LogP contribution in [0.25, 0.3) is 0 Å². The number of carbonyl (C=O) groups excluding carboxylic acids is 1. The Morgan fingerprint density at radius 3 is 2.95 bits per heavy atom. The molecule has 0 aliphatic carbocycles. The zero-order valence-corrected chi connectivity index (χ0v) is 11.9. The van der Waals surface area contributed by atoms with Crippen molar-refractivity contribution in [2.75, 3.05) is 32.8 Å². The van der Waals surface area contributed by atoms with Crippen molar-refractivity contribution in [1.29, 1.82) is 0 Å². The number of nitrogens with zero attached hydrogens (tertiary/aromatic N) is 1. The van der Waals surface area contributed by atoms with E-state index < -0.39 is 0 Å². The number of amides is 1. The predicted molar refractivity (Wildman–Crippen MR) is 72.4 cm³/mol. The van der Waals surface area contributed by atoms with Gasteiger partial charge in [0.2, 0.25) is 5.76 Å². The molecule has 2 aliphatic rings. The molecule has 1 N–H and O–H groups in total. The summed E-state index contributed by atoms with van der Waals surface area (Å²) in [5.74, 6) is 0.814. The van der Waals surface area contributed by atoms with Crippen LogP contribution in [-0.4, -0.2) is 49.7 Å². The Hall–Kier alpha value is -1.23. The van der Waals surface area contributed by atoms with Crippen molar-refractivity contribution in [2.24, 2.45) is 5.92 Å². The van der Waals surface area contributed by atoms with Crippen molar-refractivity contribution in [1.82, 2.24) is 10.2 Å². The number of ether oxygens (including phenoxy) is 2. The van der Waals surface area contributed by atoms with Gasteiger partial charge in [-0.3, -0.25) is 4.79 Å². The van der Waals surface area contributed by atoms with E-state index in [0.717, 1.165) is 19.6 Å². The molecule has 2 aliphatic heterocycles. The molecule has 2 rings (SSSR count). The van der Waals surface area contributed by atoms with Gasteiger partial charge in [-0.05, 0) is 45.7 Å². The van der Waals surface area contributed by atoms with Gasteiger partial charge in [0, 0.05) is 12.6 Å². The van der Waals surface area contributed by atoms with Crippen LogP contribution in [0, 0.1) is 5.92 Å². The van der Waals surface area contributed by atoms with E-state index in [4.69, 9.17) is 9.47 Å². The lowest BCUT2D eigenvalue weighted by Crippen LogP contribution is -2.45. The number of nitrogens with one attached hydrogen (secondary N) is 1. The van der Waals surface area contributed by atoms with Gasteiger partial charge in [-0.15, -0.1) is 0 Å². The third kappa shape index (κ3) is 3.86. The Labute approximate surface area is 114 Å². The minimum Gasteiger partial charge on any atom is -0.494 e. The normalized spacial score (nSPS) is 23.3. The standard InChI is InChI=1S/C14H24N2O3/c1-11(2)16(9-12-4-3-5-15-8-12)14(17)13-10-18-6-7-19-13/h10-12,15H,3-9H2,1-2H3. The van der Waals surface area contributed by atoms with E-state index in [1.54, 1.807) is 0 Å². The molecule has 0 aromatic heterocycles. The van der Waals surface area contributed by atoms with Crippen LogP contribution >= 0.6 is 0 Å². The highest BCUT2D eigenvalue weighted by molar-refractivity contribution is 5.91. The highest BCUT2D eigenvalue weighted by Crippen LogP contribution is 2.17. The quantitative estimate of drug-likeness (QED) is 0.830. The molecule has 19 heavy (non-hydrogen) atoms. The first kappa shape index (κ1) is 14.2. The fourth-order valence-corrected chi connectivity index (χ4v) is 2.51. The first-order valence-corrected chi connectivity index (χ1v) is 7.14. The maximum Gasteiger partial charge on any atom is 0.292 e. The molecule has 0 saturated carbocycles. The molecule has 1 atom stereocenters. The largest absolute Gasteiger partial charge is 0.494 e. The van der Waals surface area contributed by atoms with E-state index in [-0.39, 0.29) is 11.9 Å². The number of hydrogen-bond acceptors (Lipinski definition) is 4. The molecule has 108 valence electrons. The number of hydrogen-bond donors (Lipinski definition) is 1. The third-order valence-electron chi connectivity index (χ3n) is 3.60. The maximum atomic E-state index is 12.4. The molecule has 0 radical (unpaired) electrons. The van der Waals surface area contributed by atoms with Crippen molar-refractivity contribution in [3.63, 3.8) is 0 Å². The van der Waals surface area contributed by atoms with Gasteiger partial charge in [0.05, 0.1) is 0 Å². The van der Waals surface area contributed by atoms with Gasteiger partial charge in [-0.25, -0.2) is 0 Å². The maximum absolute atomic E-state index is 12.4. The minimum absolute atomic E-state index is 0.0553. The van der Waals surface area contributed by atoms with E-state index >= 15 is 0 Å². The number of carbonyl (C=O) groups is 1. The van der Waals surface area contributed by atoms with Crippen LogP contribution in [0.2, 0.25) is 0 Å². The highest BCUT2D eigenvalue weighted by Gasteiger charge is 2.27. The van der Waals surface area contributed by atoms with Crippen molar-refractivity contribution in [3.05, 3.63) is 12.0 Å². The van der Waals surface area contributed by atoms with Crippen LogP contribution in [0.5, 0.6) is 0 Å². The predicted octanol–water partition coefficient (Wildman–Crippen LogP) is 1.11. The van der Waals surface area contributed by atoms with Gasteiger partial charge in [0.15, 0.2) is 0 Å². The molecule has 0 bridgehead atoms. The van der Waals surface area contributed by atoms with Crippen LogP contribution in [-0.2, 0) is 14.3 Å². The average Bonchev–Trinajstić information content (AvgIpc) is 2.46. The summed E-state index contributed by atoms with van der Waals surface area (Å²) in [6.45, 7) is 7.92. The second-order valence-corrected chi connectivity index (χ2v) is 5.46. The van der Waals surface area contributed by atoms with Gasteiger partial charge < -0.3 is 19.7 Å². The summed E-state index contributed by atoms with van der Waals surface area (Å²) in [5, 5.41) is 3.39. The SMILES string of the molecule is CC(C)N(CC1CCCNC1)C(=O)C1=COCCO1. The Morgan fingerprint density at radius 1 is 1.53 bits per heavy atom. The summed E-state index contributed by atoms with van der Waals surface area (Å²) >= 11 is 0. The van der Waals surface area contributed by atoms with Crippen LogP contribution in [0.3, 0.4) is 0 Å². The molecule has 0 aromatic rings. The average molecular weight is 268 g/mol. The fourth-order valence-electron chi connectivity index (χ4n) is 2.51. The minimum atomic E-state index is -0.0553. The monoisotopic (exact) mass is 268 g/mol. The first-order valence-electron chi connectivity index (χ1n) is 7.14. The molecule has 2 heterocycles. The third-order valence-corrected chi connectivity index (χ3v) is 3.60. The second-order valence-electron chi connectivity index (χ2n) is 5.46. The molecule has 1 amide bonds. The van der Waals surface area contributed by atoms with Crippen molar-refractivity contribution in [3.8, 4) is 0 Å². The van der Waals surface area contributed by atoms with Crippen LogP contribution in [0.1, 0.15) is 26.7 Å². The summed E-state index contributed by atoms with van der Waals surface area (Å²) in [6.07, 6.45) is 3.81.